The Balaban J connectivity index is 1.97. The minimum atomic E-state index is -0.0952. The number of carbonyl (C=O) groups is 1. The highest BCUT2D eigenvalue weighted by Crippen LogP contribution is 2.16. The van der Waals surface area contributed by atoms with E-state index in [2.05, 4.69) is 10.6 Å². The predicted molar refractivity (Wildman–Crippen MR) is 73.6 cm³/mol. The number of benzene rings is 1. The third-order valence-electron chi connectivity index (χ3n) is 3.06. The van der Waals surface area contributed by atoms with Crippen molar-refractivity contribution >= 4 is 11.6 Å². The Kier molecular flexibility index (Phi) is 4.76. The molecule has 1 saturated heterocycles. The Morgan fingerprint density at radius 2 is 2.26 bits per heavy atom. The fraction of sp³-hybridized carbons (Fsp3) is 0.500. The summed E-state index contributed by atoms with van der Waals surface area (Å²) in [5, 5.41) is 5.91. The maximum atomic E-state index is 12.2. The maximum absolute atomic E-state index is 12.2. The lowest BCUT2D eigenvalue weighted by atomic mass is 10.1. The summed E-state index contributed by atoms with van der Waals surface area (Å²) in [6.07, 6.45) is -0.0551. The number of amides is 1. The predicted octanol–water partition coefficient (Wildman–Crippen LogP) is 1.18. The molecule has 19 heavy (non-hydrogen) atoms. The molecule has 0 aliphatic carbocycles. The highest BCUT2D eigenvalue weighted by atomic mass is 16.6. The molecule has 104 valence electrons. The molecular weight excluding hydrogens is 244 g/mol. The van der Waals surface area contributed by atoms with Gasteiger partial charge >= 0.3 is 0 Å². The van der Waals surface area contributed by atoms with Gasteiger partial charge in [0, 0.05) is 19.3 Å². The molecule has 0 radical (unpaired) electrons. The molecule has 5 nitrogen and oxygen atoms in total. The van der Waals surface area contributed by atoms with E-state index in [0.717, 1.165) is 11.3 Å². The molecule has 1 aliphatic rings. The number of anilines is 1. The number of hydrogen-bond acceptors (Lipinski definition) is 4. The summed E-state index contributed by atoms with van der Waals surface area (Å²) in [5.41, 5.74) is 2.53. The van der Waals surface area contributed by atoms with Crippen LogP contribution in [0.2, 0.25) is 0 Å². The summed E-state index contributed by atoms with van der Waals surface area (Å²) < 4.78 is 10.8. The SMILES string of the molecule is CNc1ccc(C)cc1C(=O)NCC1COCCO1. The zero-order valence-corrected chi connectivity index (χ0v) is 11.4. The van der Waals surface area contributed by atoms with Gasteiger partial charge in [0.05, 0.1) is 31.5 Å². The van der Waals surface area contributed by atoms with Crippen LogP contribution in [-0.2, 0) is 9.47 Å². The Labute approximate surface area is 113 Å². The topological polar surface area (TPSA) is 59.6 Å². The number of carbonyl (C=O) groups excluding carboxylic acids is 1. The molecule has 0 aromatic heterocycles. The average molecular weight is 264 g/mol. The summed E-state index contributed by atoms with van der Waals surface area (Å²) in [6.45, 7) is 4.19. The van der Waals surface area contributed by atoms with Gasteiger partial charge in [-0.25, -0.2) is 0 Å². The summed E-state index contributed by atoms with van der Waals surface area (Å²) in [4.78, 5) is 12.2. The number of ether oxygens (including phenoxy) is 2. The Morgan fingerprint density at radius 1 is 1.42 bits per heavy atom. The van der Waals surface area contributed by atoms with Crippen molar-refractivity contribution < 1.29 is 14.3 Å². The summed E-state index contributed by atoms with van der Waals surface area (Å²) in [5.74, 6) is -0.0952. The average Bonchev–Trinajstić information content (AvgIpc) is 2.46. The van der Waals surface area contributed by atoms with Crippen molar-refractivity contribution in [2.45, 2.75) is 13.0 Å². The van der Waals surface area contributed by atoms with E-state index in [-0.39, 0.29) is 12.0 Å². The van der Waals surface area contributed by atoms with E-state index >= 15 is 0 Å². The summed E-state index contributed by atoms with van der Waals surface area (Å²) in [6, 6.07) is 5.75. The second kappa shape index (κ2) is 6.54. The van der Waals surface area contributed by atoms with Gasteiger partial charge in [-0.05, 0) is 19.1 Å². The molecule has 0 spiro atoms. The molecule has 0 saturated carbocycles. The summed E-state index contributed by atoms with van der Waals surface area (Å²) in [7, 11) is 1.81. The first kappa shape index (κ1) is 13.8. The van der Waals surface area contributed by atoms with Crippen LogP contribution in [0.1, 0.15) is 15.9 Å². The van der Waals surface area contributed by atoms with Crippen molar-refractivity contribution in [3.63, 3.8) is 0 Å². The van der Waals surface area contributed by atoms with Crippen LogP contribution in [0.4, 0.5) is 5.69 Å². The molecule has 1 amide bonds. The van der Waals surface area contributed by atoms with E-state index in [4.69, 9.17) is 9.47 Å². The zero-order chi connectivity index (χ0) is 13.7. The Bertz CT molecular complexity index is 442. The van der Waals surface area contributed by atoms with Crippen LogP contribution in [0.15, 0.2) is 18.2 Å². The van der Waals surface area contributed by atoms with Gasteiger partial charge < -0.3 is 20.1 Å². The number of nitrogens with one attached hydrogen (secondary N) is 2. The highest BCUT2D eigenvalue weighted by molar-refractivity contribution is 5.99. The van der Waals surface area contributed by atoms with E-state index in [0.29, 0.717) is 31.9 Å². The quantitative estimate of drug-likeness (QED) is 0.857. The van der Waals surface area contributed by atoms with Crippen LogP contribution in [0.5, 0.6) is 0 Å². The largest absolute Gasteiger partial charge is 0.387 e. The third kappa shape index (κ3) is 3.68. The normalized spacial score (nSPS) is 18.9. The summed E-state index contributed by atoms with van der Waals surface area (Å²) >= 11 is 0. The van der Waals surface area contributed by atoms with Crippen LogP contribution in [0.3, 0.4) is 0 Å². The number of rotatable bonds is 4. The first-order chi connectivity index (χ1) is 9.20. The fourth-order valence-electron chi connectivity index (χ4n) is 2.02. The van der Waals surface area contributed by atoms with Crippen molar-refractivity contribution in [3.8, 4) is 0 Å². The molecule has 1 fully saturated rings. The third-order valence-corrected chi connectivity index (χ3v) is 3.06. The lowest BCUT2D eigenvalue weighted by Gasteiger charge is -2.23. The van der Waals surface area contributed by atoms with Gasteiger partial charge in [0.15, 0.2) is 0 Å². The van der Waals surface area contributed by atoms with Crippen molar-refractivity contribution in [2.75, 3.05) is 38.7 Å². The van der Waals surface area contributed by atoms with Crippen LogP contribution in [-0.4, -0.2) is 45.4 Å². The van der Waals surface area contributed by atoms with E-state index < -0.39 is 0 Å². The van der Waals surface area contributed by atoms with Gasteiger partial charge in [0.1, 0.15) is 0 Å². The van der Waals surface area contributed by atoms with Gasteiger partial charge in [0.2, 0.25) is 0 Å². The molecule has 1 unspecified atom stereocenters. The second-order valence-corrected chi connectivity index (χ2v) is 4.58. The molecule has 1 aromatic rings. The zero-order valence-electron chi connectivity index (χ0n) is 11.4. The van der Waals surface area contributed by atoms with E-state index in [1.165, 1.54) is 0 Å². The minimum absolute atomic E-state index is 0.0551. The number of hydrogen-bond donors (Lipinski definition) is 2. The smallest absolute Gasteiger partial charge is 0.253 e. The van der Waals surface area contributed by atoms with Gasteiger partial charge in [0.25, 0.3) is 5.91 Å². The van der Waals surface area contributed by atoms with Crippen molar-refractivity contribution in [1.82, 2.24) is 5.32 Å². The minimum Gasteiger partial charge on any atom is -0.387 e. The maximum Gasteiger partial charge on any atom is 0.253 e. The molecule has 2 N–H and O–H groups in total. The Hall–Kier alpha value is -1.59. The van der Waals surface area contributed by atoms with Crippen LogP contribution < -0.4 is 10.6 Å². The lowest BCUT2D eigenvalue weighted by molar-refractivity contribution is -0.0855. The molecule has 2 rings (SSSR count). The van der Waals surface area contributed by atoms with Crippen LogP contribution >= 0.6 is 0 Å². The van der Waals surface area contributed by atoms with Gasteiger partial charge in [-0.1, -0.05) is 11.6 Å². The standard InChI is InChI=1S/C14H20N2O3/c1-10-3-4-13(15-2)12(7-10)14(17)16-8-11-9-18-5-6-19-11/h3-4,7,11,15H,5-6,8-9H2,1-2H3,(H,16,17). The first-order valence-corrected chi connectivity index (χ1v) is 6.46. The molecular formula is C14H20N2O3. The molecule has 1 aromatic carbocycles. The molecule has 0 bridgehead atoms. The van der Waals surface area contributed by atoms with Crippen molar-refractivity contribution in [1.29, 1.82) is 0 Å². The monoisotopic (exact) mass is 264 g/mol. The van der Waals surface area contributed by atoms with Gasteiger partial charge in [-0.15, -0.1) is 0 Å². The highest BCUT2D eigenvalue weighted by Gasteiger charge is 2.17. The van der Waals surface area contributed by atoms with Crippen LogP contribution in [0, 0.1) is 6.92 Å². The van der Waals surface area contributed by atoms with Gasteiger partial charge in [-0.2, -0.15) is 0 Å². The number of aryl methyl sites for hydroxylation is 1. The molecule has 1 aliphatic heterocycles. The molecule has 5 heteroatoms. The molecule has 1 atom stereocenters. The van der Waals surface area contributed by atoms with Crippen molar-refractivity contribution in [3.05, 3.63) is 29.3 Å². The van der Waals surface area contributed by atoms with Crippen molar-refractivity contribution in [2.24, 2.45) is 0 Å². The first-order valence-electron chi connectivity index (χ1n) is 6.46. The second-order valence-electron chi connectivity index (χ2n) is 4.58. The molecule has 1 heterocycles. The van der Waals surface area contributed by atoms with Gasteiger partial charge in [-0.3, -0.25) is 4.79 Å². The van der Waals surface area contributed by atoms with E-state index in [1.807, 2.05) is 25.1 Å². The lowest BCUT2D eigenvalue weighted by Crippen LogP contribution is -2.39. The van der Waals surface area contributed by atoms with Crippen LogP contribution in [0.25, 0.3) is 0 Å². The van der Waals surface area contributed by atoms with E-state index in [9.17, 15) is 4.79 Å². The van der Waals surface area contributed by atoms with E-state index in [1.54, 1.807) is 7.05 Å². The fourth-order valence-corrected chi connectivity index (χ4v) is 2.02. The Morgan fingerprint density at radius 3 is 2.95 bits per heavy atom.